The zero-order valence-electron chi connectivity index (χ0n) is 10.4. The van der Waals surface area contributed by atoms with Gasteiger partial charge in [0, 0.05) is 17.6 Å². The molecule has 0 saturated heterocycles. The number of aromatic nitrogens is 1. The van der Waals surface area contributed by atoms with Gasteiger partial charge in [-0.1, -0.05) is 34.8 Å². The van der Waals surface area contributed by atoms with Crippen molar-refractivity contribution in [2.75, 3.05) is 17.7 Å². The number of carbonyl (C=O) groups is 1. The molecule has 0 radical (unpaired) electrons. The van der Waals surface area contributed by atoms with Gasteiger partial charge in [0.1, 0.15) is 11.0 Å². The molecule has 1 aromatic heterocycles. The van der Waals surface area contributed by atoms with Crippen molar-refractivity contribution in [2.45, 2.75) is 0 Å². The van der Waals surface area contributed by atoms with Crippen LogP contribution in [-0.4, -0.2) is 17.9 Å². The summed E-state index contributed by atoms with van der Waals surface area (Å²) in [7, 11) is 1.69. The molecule has 7 heteroatoms. The van der Waals surface area contributed by atoms with E-state index in [0.29, 0.717) is 27.1 Å². The molecule has 0 saturated carbocycles. The molecule has 1 heterocycles. The number of anilines is 2. The van der Waals surface area contributed by atoms with Crippen LogP contribution in [0.4, 0.5) is 11.5 Å². The topological polar surface area (TPSA) is 54.0 Å². The van der Waals surface area contributed by atoms with Gasteiger partial charge >= 0.3 is 0 Å². The fourth-order valence-electron chi connectivity index (χ4n) is 1.54. The maximum Gasteiger partial charge on any atom is 0.255 e. The molecule has 0 aliphatic carbocycles. The van der Waals surface area contributed by atoms with Crippen molar-refractivity contribution >= 4 is 52.2 Å². The van der Waals surface area contributed by atoms with Crippen LogP contribution in [0.15, 0.2) is 30.3 Å². The molecular weight excluding hydrogens is 321 g/mol. The Balaban J connectivity index is 2.26. The molecule has 0 atom stereocenters. The van der Waals surface area contributed by atoms with Crippen molar-refractivity contribution in [3.05, 3.63) is 51.1 Å². The number of nitrogens with zero attached hydrogens (tertiary/aromatic N) is 1. The van der Waals surface area contributed by atoms with Crippen molar-refractivity contribution in [1.82, 2.24) is 4.98 Å². The first-order valence-electron chi connectivity index (χ1n) is 5.61. The Morgan fingerprint density at radius 2 is 1.90 bits per heavy atom. The summed E-state index contributed by atoms with van der Waals surface area (Å²) in [6, 6.07) is 7.88. The molecule has 2 rings (SSSR count). The van der Waals surface area contributed by atoms with Crippen LogP contribution in [0.1, 0.15) is 10.4 Å². The van der Waals surface area contributed by atoms with Crippen molar-refractivity contribution < 1.29 is 4.79 Å². The molecule has 2 N–H and O–H groups in total. The van der Waals surface area contributed by atoms with Crippen LogP contribution in [0.2, 0.25) is 15.2 Å². The number of rotatable bonds is 3. The van der Waals surface area contributed by atoms with E-state index in [0.717, 1.165) is 0 Å². The molecule has 1 aromatic carbocycles. The summed E-state index contributed by atoms with van der Waals surface area (Å²) < 4.78 is 0. The highest BCUT2D eigenvalue weighted by Crippen LogP contribution is 2.26. The van der Waals surface area contributed by atoms with Gasteiger partial charge in [-0.3, -0.25) is 4.79 Å². The van der Waals surface area contributed by atoms with E-state index in [1.807, 2.05) is 0 Å². The number of amides is 1. The minimum Gasteiger partial charge on any atom is -0.373 e. The van der Waals surface area contributed by atoms with Gasteiger partial charge < -0.3 is 10.6 Å². The molecule has 0 bridgehead atoms. The maximum atomic E-state index is 12.2. The minimum absolute atomic E-state index is 0.226. The Morgan fingerprint density at radius 3 is 2.55 bits per heavy atom. The van der Waals surface area contributed by atoms with Gasteiger partial charge in [0.25, 0.3) is 5.91 Å². The zero-order chi connectivity index (χ0) is 14.7. The molecule has 0 spiro atoms. The lowest BCUT2D eigenvalue weighted by Gasteiger charge is -2.09. The number of benzene rings is 1. The lowest BCUT2D eigenvalue weighted by atomic mass is 10.2. The fraction of sp³-hybridized carbons (Fsp3) is 0.0769. The largest absolute Gasteiger partial charge is 0.373 e. The Morgan fingerprint density at radius 1 is 1.15 bits per heavy atom. The molecule has 0 aliphatic heterocycles. The van der Waals surface area contributed by atoms with E-state index in [2.05, 4.69) is 15.6 Å². The Labute approximate surface area is 131 Å². The van der Waals surface area contributed by atoms with Gasteiger partial charge in [-0.2, -0.15) is 0 Å². The third-order valence-corrected chi connectivity index (χ3v) is 3.23. The standard InChI is InChI=1S/C13H10Cl3N3O/c1-17-12-5-7(4-11(16)19-12)13(20)18-10-3-2-8(14)6-9(10)15/h2-6H,1H3,(H,17,19)(H,18,20). The van der Waals surface area contributed by atoms with E-state index >= 15 is 0 Å². The summed E-state index contributed by atoms with van der Waals surface area (Å²) in [4.78, 5) is 16.2. The summed E-state index contributed by atoms with van der Waals surface area (Å²) in [5.74, 6) is 0.167. The first-order valence-corrected chi connectivity index (χ1v) is 6.74. The Hall–Kier alpha value is -1.49. The lowest BCUT2D eigenvalue weighted by Crippen LogP contribution is -2.13. The van der Waals surface area contributed by atoms with Crippen LogP contribution < -0.4 is 10.6 Å². The van der Waals surface area contributed by atoms with E-state index in [1.54, 1.807) is 31.3 Å². The number of hydrogen-bond donors (Lipinski definition) is 2. The quantitative estimate of drug-likeness (QED) is 0.823. The number of nitrogens with one attached hydrogen (secondary N) is 2. The van der Waals surface area contributed by atoms with Crippen LogP contribution in [0.3, 0.4) is 0 Å². The second kappa shape index (κ2) is 6.31. The van der Waals surface area contributed by atoms with E-state index in [-0.39, 0.29) is 11.1 Å². The molecule has 20 heavy (non-hydrogen) atoms. The highest BCUT2D eigenvalue weighted by molar-refractivity contribution is 6.37. The van der Waals surface area contributed by atoms with Gasteiger partial charge in [-0.05, 0) is 30.3 Å². The normalized spacial score (nSPS) is 10.2. The fourth-order valence-corrected chi connectivity index (χ4v) is 2.21. The summed E-state index contributed by atoms with van der Waals surface area (Å²) >= 11 is 17.7. The molecule has 4 nitrogen and oxygen atoms in total. The smallest absolute Gasteiger partial charge is 0.255 e. The van der Waals surface area contributed by atoms with Crippen LogP contribution in [0.25, 0.3) is 0 Å². The SMILES string of the molecule is CNc1cc(C(=O)Nc2ccc(Cl)cc2Cl)cc(Cl)n1. The minimum atomic E-state index is -0.338. The second-order valence-electron chi connectivity index (χ2n) is 3.89. The van der Waals surface area contributed by atoms with Crippen molar-refractivity contribution in [3.63, 3.8) is 0 Å². The van der Waals surface area contributed by atoms with Gasteiger partial charge in [0.05, 0.1) is 10.7 Å². The molecule has 1 amide bonds. The summed E-state index contributed by atoms with van der Waals surface area (Å²) in [5, 5.41) is 6.60. The number of hydrogen-bond acceptors (Lipinski definition) is 3. The van der Waals surface area contributed by atoms with Crippen molar-refractivity contribution in [3.8, 4) is 0 Å². The van der Waals surface area contributed by atoms with Crippen LogP contribution >= 0.6 is 34.8 Å². The first-order chi connectivity index (χ1) is 9.49. The van der Waals surface area contributed by atoms with Crippen LogP contribution in [0, 0.1) is 0 Å². The van der Waals surface area contributed by atoms with Gasteiger partial charge in [-0.15, -0.1) is 0 Å². The molecule has 0 aliphatic rings. The van der Waals surface area contributed by atoms with E-state index < -0.39 is 0 Å². The van der Waals surface area contributed by atoms with Gasteiger partial charge in [-0.25, -0.2) is 4.98 Å². The summed E-state index contributed by atoms with van der Waals surface area (Å²) in [6.07, 6.45) is 0. The Kier molecular flexibility index (Phi) is 4.70. The van der Waals surface area contributed by atoms with Crippen LogP contribution in [0.5, 0.6) is 0 Å². The highest BCUT2D eigenvalue weighted by Gasteiger charge is 2.11. The predicted octanol–water partition coefficient (Wildman–Crippen LogP) is 4.34. The summed E-state index contributed by atoms with van der Waals surface area (Å²) in [6.45, 7) is 0. The molecule has 2 aromatic rings. The third kappa shape index (κ3) is 3.54. The van der Waals surface area contributed by atoms with E-state index in [9.17, 15) is 4.79 Å². The maximum absolute atomic E-state index is 12.2. The van der Waals surface area contributed by atoms with Crippen molar-refractivity contribution in [1.29, 1.82) is 0 Å². The Bertz CT molecular complexity index is 661. The van der Waals surface area contributed by atoms with Crippen molar-refractivity contribution in [2.24, 2.45) is 0 Å². The highest BCUT2D eigenvalue weighted by atomic mass is 35.5. The third-order valence-electron chi connectivity index (χ3n) is 2.49. The first kappa shape index (κ1) is 14.9. The van der Waals surface area contributed by atoms with Gasteiger partial charge in [0.2, 0.25) is 0 Å². The predicted molar refractivity (Wildman–Crippen MR) is 83.2 cm³/mol. The molecule has 0 unspecified atom stereocenters. The zero-order valence-corrected chi connectivity index (χ0v) is 12.6. The molecule has 0 fully saturated rings. The monoisotopic (exact) mass is 329 g/mol. The summed E-state index contributed by atoms with van der Waals surface area (Å²) in [5.41, 5.74) is 0.848. The van der Waals surface area contributed by atoms with Gasteiger partial charge in [0.15, 0.2) is 0 Å². The number of halogens is 3. The van der Waals surface area contributed by atoms with E-state index in [4.69, 9.17) is 34.8 Å². The average Bonchev–Trinajstić information content (AvgIpc) is 2.41. The number of carbonyl (C=O) groups excluding carboxylic acids is 1. The lowest BCUT2D eigenvalue weighted by molar-refractivity contribution is 0.102. The number of pyridine rings is 1. The molecular formula is C13H10Cl3N3O. The second-order valence-corrected chi connectivity index (χ2v) is 5.12. The van der Waals surface area contributed by atoms with E-state index in [1.165, 1.54) is 6.07 Å². The average molecular weight is 331 g/mol. The molecule has 104 valence electrons. The van der Waals surface area contributed by atoms with Crippen LogP contribution in [-0.2, 0) is 0 Å².